The summed E-state index contributed by atoms with van der Waals surface area (Å²) in [6.07, 6.45) is 0. The van der Waals surface area contributed by atoms with E-state index in [4.69, 9.17) is 9.84 Å². The molecule has 0 atom stereocenters. The Hall–Kier alpha value is -3.35. The van der Waals surface area contributed by atoms with Crippen LogP contribution in [0.25, 0.3) is 0 Å². The normalized spacial score (nSPS) is 10.0. The second-order valence-electron chi connectivity index (χ2n) is 4.76. The average Bonchev–Trinajstić information content (AvgIpc) is 2.55. The molecule has 0 heterocycles. The molecule has 0 unspecified atom stereocenters. The Morgan fingerprint density at radius 1 is 1.04 bits per heavy atom. The molecule has 2 aromatic rings. The first kappa shape index (κ1) is 17.0. The highest BCUT2D eigenvalue weighted by Gasteiger charge is 2.17. The molecule has 0 radical (unpaired) electrons. The van der Waals surface area contributed by atoms with Crippen molar-refractivity contribution in [3.63, 3.8) is 0 Å². The number of amides is 1. The summed E-state index contributed by atoms with van der Waals surface area (Å²) in [6.45, 7) is 1.81. The monoisotopic (exact) mass is 329 g/mol. The van der Waals surface area contributed by atoms with Crippen molar-refractivity contribution in [2.75, 3.05) is 11.9 Å². The van der Waals surface area contributed by atoms with Crippen LogP contribution in [0.4, 0.5) is 5.69 Å². The summed E-state index contributed by atoms with van der Waals surface area (Å²) in [5, 5.41) is 21.4. The zero-order chi connectivity index (χ0) is 17.7. The van der Waals surface area contributed by atoms with Gasteiger partial charge in [0.15, 0.2) is 0 Å². The van der Waals surface area contributed by atoms with E-state index < -0.39 is 17.8 Å². The number of aromatic carboxylic acids is 1. The Morgan fingerprint density at radius 3 is 2.29 bits per heavy atom. The zero-order valence-corrected chi connectivity index (χ0v) is 12.8. The van der Waals surface area contributed by atoms with Crippen LogP contribution in [0, 0.1) is 0 Å². The number of ether oxygens (including phenoxy) is 1. The number of aromatic hydroxyl groups is 1. The van der Waals surface area contributed by atoms with E-state index in [0.717, 1.165) is 0 Å². The van der Waals surface area contributed by atoms with Crippen LogP contribution < -0.4 is 5.32 Å². The van der Waals surface area contributed by atoms with Crippen molar-refractivity contribution in [1.29, 1.82) is 0 Å². The summed E-state index contributed by atoms with van der Waals surface area (Å²) in [7, 11) is 0. The van der Waals surface area contributed by atoms with Gasteiger partial charge in [-0.1, -0.05) is 12.1 Å². The molecule has 0 aromatic heterocycles. The summed E-state index contributed by atoms with van der Waals surface area (Å²) in [5.41, 5.74) is 0.0350. The van der Waals surface area contributed by atoms with E-state index >= 15 is 0 Å². The van der Waals surface area contributed by atoms with Crippen LogP contribution in [-0.4, -0.2) is 34.7 Å². The summed E-state index contributed by atoms with van der Waals surface area (Å²) < 4.78 is 4.79. The van der Waals surface area contributed by atoms with Crippen molar-refractivity contribution >= 4 is 23.5 Å². The highest BCUT2D eigenvalue weighted by atomic mass is 16.5. The van der Waals surface area contributed by atoms with Crippen molar-refractivity contribution in [3.8, 4) is 5.75 Å². The smallest absolute Gasteiger partial charge is 0.341 e. The number of rotatable bonds is 5. The number of phenolic OH excluding ortho intramolecular Hbond substituents is 1. The molecule has 3 N–H and O–H groups in total. The van der Waals surface area contributed by atoms with Crippen LogP contribution in [-0.2, 0) is 4.74 Å². The van der Waals surface area contributed by atoms with Crippen molar-refractivity contribution in [2.45, 2.75) is 6.92 Å². The van der Waals surface area contributed by atoms with Gasteiger partial charge in [-0.25, -0.2) is 9.59 Å². The van der Waals surface area contributed by atoms with Crippen LogP contribution in [0.1, 0.15) is 38.0 Å². The number of carboxylic acid groups (broad SMARTS) is 1. The van der Waals surface area contributed by atoms with Gasteiger partial charge in [-0.3, -0.25) is 4.79 Å². The number of nitrogens with one attached hydrogen (secondary N) is 1. The fourth-order valence-corrected chi connectivity index (χ4v) is 2.06. The minimum Gasteiger partial charge on any atom is -0.507 e. The molecule has 7 nitrogen and oxygen atoms in total. The third-order valence-corrected chi connectivity index (χ3v) is 3.15. The van der Waals surface area contributed by atoms with Gasteiger partial charge in [0.2, 0.25) is 0 Å². The molecule has 2 aromatic carbocycles. The molecule has 0 aliphatic carbocycles. The molecule has 0 bridgehead atoms. The van der Waals surface area contributed by atoms with Crippen LogP contribution >= 0.6 is 0 Å². The quantitative estimate of drug-likeness (QED) is 0.727. The molecule has 124 valence electrons. The fourth-order valence-electron chi connectivity index (χ4n) is 2.06. The molecule has 2 rings (SSSR count). The number of hydrogen-bond acceptors (Lipinski definition) is 5. The van der Waals surface area contributed by atoms with Gasteiger partial charge in [-0.15, -0.1) is 0 Å². The highest BCUT2D eigenvalue weighted by Crippen LogP contribution is 2.23. The first-order valence-electron chi connectivity index (χ1n) is 7.07. The predicted molar refractivity (Wildman–Crippen MR) is 85.4 cm³/mol. The maximum absolute atomic E-state index is 12.2. The molecule has 1 amide bonds. The second-order valence-corrected chi connectivity index (χ2v) is 4.76. The lowest BCUT2D eigenvalue weighted by Gasteiger charge is -2.10. The Morgan fingerprint density at radius 2 is 1.71 bits per heavy atom. The Balaban J connectivity index is 2.23. The van der Waals surface area contributed by atoms with Crippen LogP contribution in [0.2, 0.25) is 0 Å². The SMILES string of the molecule is CCOC(=O)c1ccc(NC(=O)c2ccccc2C(=O)O)cc1O. The Kier molecular flexibility index (Phi) is 5.16. The first-order chi connectivity index (χ1) is 11.4. The fraction of sp³-hybridized carbons (Fsp3) is 0.118. The number of carboxylic acids is 1. The minimum absolute atomic E-state index is 0.0149. The van der Waals surface area contributed by atoms with Gasteiger partial charge in [0, 0.05) is 11.8 Å². The maximum Gasteiger partial charge on any atom is 0.341 e. The molecule has 0 fully saturated rings. The van der Waals surface area contributed by atoms with Crippen LogP contribution in [0.3, 0.4) is 0 Å². The lowest BCUT2D eigenvalue weighted by Crippen LogP contribution is -2.16. The van der Waals surface area contributed by atoms with Gasteiger partial charge in [0.1, 0.15) is 11.3 Å². The molecular weight excluding hydrogens is 314 g/mol. The van der Waals surface area contributed by atoms with Gasteiger partial charge in [-0.05, 0) is 31.2 Å². The third kappa shape index (κ3) is 3.70. The number of esters is 1. The van der Waals surface area contributed by atoms with Crippen LogP contribution in [0.15, 0.2) is 42.5 Å². The van der Waals surface area contributed by atoms with E-state index in [1.54, 1.807) is 13.0 Å². The van der Waals surface area contributed by atoms with E-state index in [2.05, 4.69) is 5.32 Å². The number of anilines is 1. The summed E-state index contributed by atoms with van der Waals surface area (Å²) in [6, 6.07) is 9.67. The molecule has 0 aliphatic rings. The number of hydrogen-bond donors (Lipinski definition) is 3. The number of benzene rings is 2. The van der Waals surface area contributed by atoms with Gasteiger partial charge in [0.05, 0.1) is 17.7 Å². The first-order valence-corrected chi connectivity index (χ1v) is 7.07. The van der Waals surface area contributed by atoms with E-state index in [-0.39, 0.29) is 34.7 Å². The summed E-state index contributed by atoms with van der Waals surface area (Å²) in [5.74, 6) is -2.89. The van der Waals surface area contributed by atoms with E-state index in [1.807, 2.05) is 0 Å². The lowest BCUT2D eigenvalue weighted by molar-refractivity contribution is 0.0522. The second kappa shape index (κ2) is 7.28. The van der Waals surface area contributed by atoms with Crippen molar-refractivity contribution in [1.82, 2.24) is 0 Å². The number of carbonyl (C=O) groups excluding carboxylic acids is 2. The van der Waals surface area contributed by atoms with E-state index in [9.17, 15) is 19.5 Å². The molecule has 0 spiro atoms. The van der Waals surface area contributed by atoms with Gasteiger partial charge in [-0.2, -0.15) is 0 Å². The molecule has 0 saturated carbocycles. The largest absolute Gasteiger partial charge is 0.507 e. The van der Waals surface area contributed by atoms with E-state index in [0.29, 0.717) is 0 Å². The van der Waals surface area contributed by atoms with Crippen molar-refractivity contribution in [2.24, 2.45) is 0 Å². The topological polar surface area (TPSA) is 113 Å². The number of phenols is 1. The minimum atomic E-state index is -1.22. The molecular formula is C17H15NO6. The third-order valence-electron chi connectivity index (χ3n) is 3.15. The van der Waals surface area contributed by atoms with Gasteiger partial charge >= 0.3 is 11.9 Å². The van der Waals surface area contributed by atoms with E-state index in [1.165, 1.54) is 36.4 Å². The van der Waals surface area contributed by atoms with Crippen LogP contribution in [0.5, 0.6) is 5.75 Å². The van der Waals surface area contributed by atoms with Crippen molar-refractivity contribution in [3.05, 3.63) is 59.2 Å². The molecule has 24 heavy (non-hydrogen) atoms. The standard InChI is InChI=1S/C17H15NO6/c1-2-24-17(23)13-8-7-10(9-14(13)19)18-15(20)11-5-3-4-6-12(11)16(21)22/h3-9,19H,2H2,1H3,(H,18,20)(H,21,22). The average molecular weight is 329 g/mol. The summed E-state index contributed by atoms with van der Waals surface area (Å²) >= 11 is 0. The Labute approximate surface area is 137 Å². The van der Waals surface area contributed by atoms with Crippen molar-refractivity contribution < 1.29 is 29.3 Å². The maximum atomic E-state index is 12.2. The predicted octanol–water partition coefficient (Wildman–Crippen LogP) is 2.52. The zero-order valence-electron chi connectivity index (χ0n) is 12.8. The molecule has 0 aliphatic heterocycles. The number of carbonyl (C=O) groups is 3. The molecule has 7 heteroatoms. The lowest BCUT2D eigenvalue weighted by atomic mass is 10.1. The molecule has 0 saturated heterocycles. The van der Waals surface area contributed by atoms with Gasteiger partial charge in [0.25, 0.3) is 5.91 Å². The van der Waals surface area contributed by atoms with Gasteiger partial charge < -0.3 is 20.3 Å². The summed E-state index contributed by atoms with van der Waals surface area (Å²) in [4.78, 5) is 35.0. The Bertz CT molecular complexity index is 799. The highest BCUT2D eigenvalue weighted by molar-refractivity contribution is 6.10.